The van der Waals surface area contributed by atoms with Crippen LogP contribution in [-0.4, -0.2) is 17.3 Å². The molecule has 0 heterocycles. The van der Waals surface area contributed by atoms with Gasteiger partial charge in [-0.2, -0.15) is 0 Å². The number of amides is 1. The van der Waals surface area contributed by atoms with E-state index in [0.29, 0.717) is 16.7 Å². The molecule has 2 rings (SSSR count). The summed E-state index contributed by atoms with van der Waals surface area (Å²) in [5.41, 5.74) is 0. The Hall–Kier alpha value is -0.0500. The Kier molecular flexibility index (Phi) is 5.33. The maximum atomic E-state index is 11.8. The third-order valence-corrected chi connectivity index (χ3v) is 5.10. The smallest absolute Gasteiger partial charge is 0.220 e. The molecule has 0 radical (unpaired) electrons. The predicted octanol–water partition coefficient (Wildman–Crippen LogP) is 3.64. The number of carbonyl (C=O) groups is 1. The first-order valence-electron chi connectivity index (χ1n) is 7.15. The van der Waals surface area contributed by atoms with E-state index in [9.17, 15) is 4.79 Å². The molecule has 0 saturated heterocycles. The van der Waals surface area contributed by atoms with Crippen molar-refractivity contribution in [1.82, 2.24) is 5.32 Å². The molecule has 3 heteroatoms. The minimum absolute atomic E-state index is 0.287. The van der Waals surface area contributed by atoms with Gasteiger partial charge in [0, 0.05) is 17.8 Å². The van der Waals surface area contributed by atoms with Gasteiger partial charge in [0.15, 0.2) is 0 Å². The molecular weight excluding hydrogens is 278 g/mol. The van der Waals surface area contributed by atoms with Crippen molar-refractivity contribution in [1.29, 1.82) is 0 Å². The van der Waals surface area contributed by atoms with Crippen molar-refractivity contribution in [3.8, 4) is 0 Å². The predicted molar refractivity (Wildman–Crippen MR) is 74.3 cm³/mol. The normalized spacial score (nSPS) is 30.4. The van der Waals surface area contributed by atoms with Crippen LogP contribution in [0.3, 0.4) is 0 Å². The summed E-state index contributed by atoms with van der Waals surface area (Å²) in [5, 5.41) is 3.13. The molecule has 2 aliphatic carbocycles. The van der Waals surface area contributed by atoms with E-state index in [-0.39, 0.29) is 5.91 Å². The van der Waals surface area contributed by atoms with E-state index in [1.165, 1.54) is 51.4 Å². The Morgan fingerprint density at radius 1 is 1.06 bits per heavy atom. The zero-order valence-electron chi connectivity index (χ0n) is 10.6. The lowest BCUT2D eigenvalue weighted by Gasteiger charge is -2.21. The molecule has 2 nitrogen and oxygen atoms in total. The number of hydrogen-bond donors (Lipinski definition) is 1. The molecule has 98 valence electrons. The van der Waals surface area contributed by atoms with Crippen LogP contribution in [0.4, 0.5) is 0 Å². The Labute approximate surface area is 113 Å². The third-order valence-electron chi connectivity index (χ3n) is 4.26. The lowest BCUT2D eigenvalue weighted by atomic mass is 9.87. The van der Waals surface area contributed by atoms with Crippen molar-refractivity contribution in [3.63, 3.8) is 0 Å². The summed E-state index contributed by atoms with van der Waals surface area (Å²) in [6.45, 7) is 0.896. The van der Waals surface area contributed by atoms with Gasteiger partial charge in [0.25, 0.3) is 0 Å². The summed E-state index contributed by atoms with van der Waals surface area (Å²) >= 11 is 3.65. The zero-order chi connectivity index (χ0) is 12.1. The van der Waals surface area contributed by atoms with Gasteiger partial charge >= 0.3 is 0 Å². The second-order valence-corrected chi connectivity index (χ2v) is 7.08. The van der Waals surface area contributed by atoms with Crippen molar-refractivity contribution in [2.45, 2.75) is 62.6 Å². The molecule has 0 aromatic rings. The minimum Gasteiger partial charge on any atom is -0.356 e. The highest BCUT2D eigenvalue weighted by molar-refractivity contribution is 9.09. The average Bonchev–Trinajstić information content (AvgIpc) is 2.74. The number of halogens is 1. The van der Waals surface area contributed by atoms with E-state index in [1.807, 2.05) is 0 Å². The van der Waals surface area contributed by atoms with Crippen LogP contribution >= 0.6 is 15.9 Å². The monoisotopic (exact) mass is 301 g/mol. The van der Waals surface area contributed by atoms with Crippen molar-refractivity contribution in [2.75, 3.05) is 6.54 Å². The molecule has 2 saturated carbocycles. The summed E-state index contributed by atoms with van der Waals surface area (Å²) in [5.74, 6) is 1.65. The summed E-state index contributed by atoms with van der Waals surface area (Å²) < 4.78 is 0. The summed E-state index contributed by atoms with van der Waals surface area (Å²) in [4.78, 5) is 12.5. The Morgan fingerprint density at radius 3 is 2.47 bits per heavy atom. The fraction of sp³-hybridized carbons (Fsp3) is 0.929. The van der Waals surface area contributed by atoms with Gasteiger partial charge in [-0.05, 0) is 43.9 Å². The van der Waals surface area contributed by atoms with Crippen LogP contribution in [-0.2, 0) is 4.79 Å². The van der Waals surface area contributed by atoms with Gasteiger partial charge in [-0.3, -0.25) is 4.79 Å². The maximum Gasteiger partial charge on any atom is 0.220 e. The van der Waals surface area contributed by atoms with Crippen LogP contribution in [0.1, 0.15) is 57.8 Å². The van der Waals surface area contributed by atoms with E-state index in [1.54, 1.807) is 0 Å². The topological polar surface area (TPSA) is 29.1 Å². The number of nitrogens with one attached hydrogen (secondary N) is 1. The highest BCUT2D eigenvalue weighted by Crippen LogP contribution is 2.30. The van der Waals surface area contributed by atoms with Crippen molar-refractivity contribution in [3.05, 3.63) is 0 Å². The van der Waals surface area contributed by atoms with Gasteiger partial charge in [-0.15, -0.1) is 0 Å². The number of rotatable bonds is 4. The SMILES string of the molecule is O=C(CC1CCCCC1)NCC1CCC(Br)C1. The quantitative estimate of drug-likeness (QED) is 0.789. The van der Waals surface area contributed by atoms with Crippen LogP contribution in [0.5, 0.6) is 0 Å². The molecule has 2 unspecified atom stereocenters. The summed E-state index contributed by atoms with van der Waals surface area (Å²) in [6.07, 6.45) is 11.1. The molecule has 2 fully saturated rings. The van der Waals surface area contributed by atoms with E-state index >= 15 is 0 Å². The molecule has 1 N–H and O–H groups in total. The zero-order valence-corrected chi connectivity index (χ0v) is 12.2. The van der Waals surface area contributed by atoms with E-state index < -0.39 is 0 Å². The van der Waals surface area contributed by atoms with Crippen LogP contribution < -0.4 is 5.32 Å². The molecule has 17 heavy (non-hydrogen) atoms. The molecular formula is C14H24BrNO. The lowest BCUT2D eigenvalue weighted by molar-refractivity contribution is -0.122. The highest BCUT2D eigenvalue weighted by atomic mass is 79.9. The lowest BCUT2D eigenvalue weighted by Crippen LogP contribution is -2.30. The van der Waals surface area contributed by atoms with Crippen LogP contribution in [0, 0.1) is 11.8 Å². The largest absolute Gasteiger partial charge is 0.356 e. The van der Waals surface area contributed by atoms with Gasteiger partial charge in [0.2, 0.25) is 5.91 Å². The van der Waals surface area contributed by atoms with Gasteiger partial charge in [0.1, 0.15) is 0 Å². The van der Waals surface area contributed by atoms with Gasteiger partial charge in [0.05, 0.1) is 0 Å². The van der Waals surface area contributed by atoms with Gasteiger partial charge in [-0.1, -0.05) is 35.2 Å². The fourth-order valence-corrected chi connectivity index (χ4v) is 3.98. The molecule has 0 aromatic heterocycles. The molecule has 2 aliphatic rings. The molecule has 0 aliphatic heterocycles. The number of hydrogen-bond acceptors (Lipinski definition) is 1. The van der Waals surface area contributed by atoms with E-state index in [0.717, 1.165) is 13.0 Å². The Balaban J connectivity index is 1.60. The van der Waals surface area contributed by atoms with Gasteiger partial charge in [-0.25, -0.2) is 0 Å². The van der Waals surface area contributed by atoms with Gasteiger partial charge < -0.3 is 5.32 Å². The second kappa shape index (κ2) is 6.77. The minimum atomic E-state index is 0.287. The van der Waals surface area contributed by atoms with Crippen LogP contribution in [0.2, 0.25) is 0 Å². The second-order valence-electron chi connectivity index (χ2n) is 5.79. The van der Waals surface area contributed by atoms with E-state index in [4.69, 9.17) is 0 Å². The van der Waals surface area contributed by atoms with E-state index in [2.05, 4.69) is 21.2 Å². The third kappa shape index (κ3) is 4.61. The molecule has 0 aromatic carbocycles. The van der Waals surface area contributed by atoms with Crippen LogP contribution in [0.25, 0.3) is 0 Å². The molecule has 1 amide bonds. The van der Waals surface area contributed by atoms with Crippen LogP contribution in [0.15, 0.2) is 0 Å². The van der Waals surface area contributed by atoms with Crippen molar-refractivity contribution >= 4 is 21.8 Å². The average molecular weight is 302 g/mol. The Morgan fingerprint density at radius 2 is 1.82 bits per heavy atom. The van der Waals surface area contributed by atoms with Crippen molar-refractivity contribution < 1.29 is 4.79 Å². The molecule has 2 atom stereocenters. The number of alkyl halides is 1. The molecule has 0 bridgehead atoms. The molecule has 0 spiro atoms. The Bertz CT molecular complexity index is 251. The maximum absolute atomic E-state index is 11.8. The first-order chi connectivity index (χ1) is 8.24. The summed E-state index contributed by atoms with van der Waals surface area (Å²) in [6, 6.07) is 0. The first kappa shape index (κ1) is 13.4. The summed E-state index contributed by atoms with van der Waals surface area (Å²) in [7, 11) is 0. The highest BCUT2D eigenvalue weighted by Gasteiger charge is 2.23. The van der Waals surface area contributed by atoms with Crippen molar-refractivity contribution in [2.24, 2.45) is 11.8 Å². The fourth-order valence-electron chi connectivity index (χ4n) is 3.18. The first-order valence-corrected chi connectivity index (χ1v) is 8.06. The standard InChI is InChI=1S/C14H24BrNO/c15-13-7-6-12(8-13)10-16-14(17)9-11-4-2-1-3-5-11/h11-13H,1-10H2,(H,16,17). The number of carbonyl (C=O) groups excluding carboxylic acids is 1.